The Morgan fingerprint density at radius 2 is 2.22 bits per heavy atom. The van der Waals surface area contributed by atoms with Crippen LogP contribution in [-0.2, 0) is 4.74 Å². The molecule has 0 bridgehead atoms. The molecular weight excluding hydrogens is 224 g/mol. The molecule has 0 amide bonds. The lowest BCUT2D eigenvalue weighted by Crippen LogP contribution is -2.61. The van der Waals surface area contributed by atoms with Gasteiger partial charge in [-0.3, -0.25) is 4.90 Å². The molecule has 106 valence electrons. The summed E-state index contributed by atoms with van der Waals surface area (Å²) in [6, 6.07) is 0. The average molecular weight is 254 g/mol. The van der Waals surface area contributed by atoms with Gasteiger partial charge in [-0.2, -0.15) is 0 Å². The summed E-state index contributed by atoms with van der Waals surface area (Å²) in [6.07, 6.45) is 5.32. The van der Waals surface area contributed by atoms with Crippen LogP contribution < -0.4 is 5.73 Å². The zero-order valence-electron chi connectivity index (χ0n) is 12.3. The maximum atomic E-state index is 6.18. The predicted octanol–water partition coefficient (Wildman–Crippen LogP) is 2.25. The molecule has 0 aliphatic carbocycles. The molecule has 3 unspecified atom stereocenters. The van der Waals surface area contributed by atoms with Crippen molar-refractivity contribution in [1.82, 2.24) is 4.90 Å². The number of likely N-dealkylation sites (tertiary alicyclic amines) is 1. The first-order valence-corrected chi connectivity index (χ1v) is 7.64. The van der Waals surface area contributed by atoms with Gasteiger partial charge in [0.2, 0.25) is 0 Å². The van der Waals surface area contributed by atoms with Gasteiger partial charge in [0, 0.05) is 25.2 Å². The third kappa shape index (κ3) is 2.89. The topological polar surface area (TPSA) is 38.5 Å². The van der Waals surface area contributed by atoms with Crippen LogP contribution in [0.5, 0.6) is 0 Å². The largest absolute Gasteiger partial charge is 0.378 e. The zero-order valence-corrected chi connectivity index (χ0v) is 12.3. The van der Waals surface area contributed by atoms with Gasteiger partial charge in [-0.05, 0) is 44.1 Å². The van der Waals surface area contributed by atoms with Gasteiger partial charge in [-0.15, -0.1) is 0 Å². The second kappa shape index (κ2) is 5.89. The molecule has 3 heteroatoms. The van der Waals surface area contributed by atoms with Gasteiger partial charge >= 0.3 is 0 Å². The van der Waals surface area contributed by atoms with Crippen molar-refractivity contribution >= 4 is 0 Å². The molecule has 2 aliphatic heterocycles. The molecule has 3 nitrogen and oxygen atoms in total. The highest BCUT2D eigenvalue weighted by Gasteiger charge is 2.42. The standard InChI is InChI=1S/C15H30N2O/c1-12(2)14-9-15(11-16,6-8-18-14)17-7-4-5-13(3)10-17/h12-14H,4-11,16H2,1-3H3. The number of hydrogen-bond acceptors (Lipinski definition) is 3. The first-order valence-electron chi connectivity index (χ1n) is 7.64. The van der Waals surface area contributed by atoms with Crippen molar-refractivity contribution in [3.8, 4) is 0 Å². The molecule has 0 spiro atoms. The molecule has 3 atom stereocenters. The van der Waals surface area contributed by atoms with Crippen molar-refractivity contribution in [1.29, 1.82) is 0 Å². The fourth-order valence-corrected chi connectivity index (χ4v) is 3.59. The number of nitrogens with two attached hydrogens (primary N) is 1. The number of hydrogen-bond donors (Lipinski definition) is 1. The lowest BCUT2D eigenvalue weighted by atomic mass is 9.80. The molecule has 0 aromatic heterocycles. The van der Waals surface area contributed by atoms with Crippen LogP contribution in [0.25, 0.3) is 0 Å². The molecule has 2 N–H and O–H groups in total. The molecule has 0 saturated carbocycles. The van der Waals surface area contributed by atoms with E-state index in [1.165, 1.54) is 25.9 Å². The van der Waals surface area contributed by atoms with E-state index in [0.717, 1.165) is 31.9 Å². The number of ether oxygens (including phenoxy) is 1. The summed E-state index contributed by atoms with van der Waals surface area (Å²) in [4.78, 5) is 2.68. The van der Waals surface area contributed by atoms with E-state index in [1.54, 1.807) is 0 Å². The summed E-state index contributed by atoms with van der Waals surface area (Å²) in [5.41, 5.74) is 6.39. The van der Waals surface area contributed by atoms with Crippen LogP contribution in [0.1, 0.15) is 46.5 Å². The Morgan fingerprint density at radius 3 is 2.83 bits per heavy atom. The molecule has 2 fully saturated rings. The van der Waals surface area contributed by atoms with Crippen molar-refractivity contribution in [2.45, 2.75) is 58.1 Å². The number of rotatable bonds is 3. The lowest BCUT2D eigenvalue weighted by Gasteiger charge is -2.51. The minimum Gasteiger partial charge on any atom is -0.378 e. The molecule has 0 aromatic carbocycles. The monoisotopic (exact) mass is 254 g/mol. The third-order valence-corrected chi connectivity index (χ3v) is 4.93. The molecule has 18 heavy (non-hydrogen) atoms. The summed E-state index contributed by atoms with van der Waals surface area (Å²) in [5.74, 6) is 1.42. The summed E-state index contributed by atoms with van der Waals surface area (Å²) < 4.78 is 5.93. The van der Waals surface area contributed by atoms with Crippen molar-refractivity contribution in [3.63, 3.8) is 0 Å². The Bertz CT molecular complexity index is 269. The van der Waals surface area contributed by atoms with Crippen LogP contribution in [0.2, 0.25) is 0 Å². The van der Waals surface area contributed by atoms with E-state index in [2.05, 4.69) is 25.7 Å². The van der Waals surface area contributed by atoms with E-state index in [-0.39, 0.29) is 5.54 Å². The highest BCUT2D eigenvalue weighted by Crippen LogP contribution is 2.35. The van der Waals surface area contributed by atoms with Crippen molar-refractivity contribution in [3.05, 3.63) is 0 Å². The minimum atomic E-state index is 0.210. The Morgan fingerprint density at radius 1 is 1.44 bits per heavy atom. The van der Waals surface area contributed by atoms with Crippen LogP contribution in [0.3, 0.4) is 0 Å². The smallest absolute Gasteiger partial charge is 0.0616 e. The van der Waals surface area contributed by atoms with Crippen LogP contribution in [0.4, 0.5) is 0 Å². The highest BCUT2D eigenvalue weighted by atomic mass is 16.5. The average Bonchev–Trinajstić information content (AvgIpc) is 2.38. The van der Waals surface area contributed by atoms with E-state index in [1.807, 2.05) is 0 Å². The Kier molecular flexibility index (Phi) is 4.68. The van der Waals surface area contributed by atoms with Crippen molar-refractivity contribution in [2.24, 2.45) is 17.6 Å². The first kappa shape index (κ1) is 14.3. The van der Waals surface area contributed by atoms with Gasteiger partial charge in [0.05, 0.1) is 6.10 Å². The highest BCUT2D eigenvalue weighted by molar-refractivity contribution is 4.98. The predicted molar refractivity (Wildman–Crippen MR) is 75.6 cm³/mol. The molecule has 2 heterocycles. The molecule has 0 aromatic rings. The SMILES string of the molecule is CC1CCCN(C2(CN)CCOC(C(C)C)C2)C1. The zero-order chi connectivity index (χ0) is 13.2. The molecular formula is C15H30N2O. The second-order valence-corrected chi connectivity index (χ2v) is 6.73. The van der Waals surface area contributed by atoms with Gasteiger partial charge in [0.25, 0.3) is 0 Å². The first-order chi connectivity index (χ1) is 8.57. The van der Waals surface area contributed by atoms with Gasteiger partial charge in [-0.25, -0.2) is 0 Å². The summed E-state index contributed by atoms with van der Waals surface area (Å²) in [7, 11) is 0. The summed E-state index contributed by atoms with van der Waals surface area (Å²) in [5, 5.41) is 0. The Labute approximate surface area is 112 Å². The van der Waals surface area contributed by atoms with Crippen molar-refractivity contribution in [2.75, 3.05) is 26.2 Å². The summed E-state index contributed by atoms with van der Waals surface area (Å²) >= 11 is 0. The lowest BCUT2D eigenvalue weighted by molar-refractivity contribution is -0.0952. The molecule has 2 aliphatic rings. The van der Waals surface area contributed by atoms with Crippen molar-refractivity contribution < 1.29 is 4.74 Å². The summed E-state index contributed by atoms with van der Waals surface area (Å²) in [6.45, 7) is 11.0. The van der Waals surface area contributed by atoms with Crippen LogP contribution in [-0.4, -0.2) is 42.8 Å². The van der Waals surface area contributed by atoms with E-state index in [4.69, 9.17) is 10.5 Å². The van der Waals surface area contributed by atoms with E-state index in [9.17, 15) is 0 Å². The van der Waals surface area contributed by atoms with Crippen LogP contribution >= 0.6 is 0 Å². The van der Waals surface area contributed by atoms with Gasteiger partial charge in [0.1, 0.15) is 0 Å². The molecule has 0 radical (unpaired) electrons. The van der Waals surface area contributed by atoms with Gasteiger partial charge in [-0.1, -0.05) is 20.8 Å². The minimum absolute atomic E-state index is 0.210. The third-order valence-electron chi connectivity index (χ3n) is 4.93. The maximum absolute atomic E-state index is 6.18. The number of nitrogens with zero attached hydrogens (tertiary/aromatic N) is 1. The number of piperidine rings is 1. The normalized spacial score (nSPS) is 39.2. The van der Waals surface area contributed by atoms with E-state index in [0.29, 0.717) is 12.0 Å². The maximum Gasteiger partial charge on any atom is 0.0616 e. The molecule has 2 saturated heterocycles. The Balaban J connectivity index is 2.08. The fraction of sp³-hybridized carbons (Fsp3) is 1.00. The van der Waals surface area contributed by atoms with E-state index >= 15 is 0 Å². The quantitative estimate of drug-likeness (QED) is 0.839. The second-order valence-electron chi connectivity index (χ2n) is 6.73. The molecule has 2 rings (SSSR count). The van der Waals surface area contributed by atoms with Crippen LogP contribution in [0, 0.1) is 11.8 Å². The van der Waals surface area contributed by atoms with E-state index < -0.39 is 0 Å². The van der Waals surface area contributed by atoms with Gasteiger partial charge < -0.3 is 10.5 Å². The van der Waals surface area contributed by atoms with Crippen LogP contribution in [0.15, 0.2) is 0 Å². The van der Waals surface area contributed by atoms with Gasteiger partial charge in [0.15, 0.2) is 0 Å². The fourth-order valence-electron chi connectivity index (χ4n) is 3.59. The Hall–Kier alpha value is -0.120.